The molecule has 10 heteroatoms. The number of amides is 3. The van der Waals surface area contributed by atoms with Gasteiger partial charge in [-0.25, -0.2) is 4.79 Å². The quantitative estimate of drug-likeness (QED) is 0.476. The van der Waals surface area contributed by atoms with Crippen molar-refractivity contribution in [2.24, 2.45) is 0 Å². The Labute approximate surface area is 188 Å². The molecule has 166 valence electrons. The Bertz CT molecular complexity index is 1050. The molecule has 32 heavy (non-hydrogen) atoms. The molecule has 0 fully saturated rings. The van der Waals surface area contributed by atoms with Crippen molar-refractivity contribution in [3.63, 3.8) is 0 Å². The number of nitrogens with one attached hydrogen (secondary N) is 1. The molecule has 1 N–H and O–H groups in total. The van der Waals surface area contributed by atoms with Gasteiger partial charge in [-0.3, -0.25) is 19.3 Å². The van der Waals surface area contributed by atoms with Gasteiger partial charge in [0, 0.05) is 11.8 Å². The maximum absolute atomic E-state index is 12.8. The molecule has 0 aromatic heterocycles. The van der Waals surface area contributed by atoms with Crippen LogP contribution in [0.15, 0.2) is 42.5 Å². The van der Waals surface area contributed by atoms with E-state index in [1.54, 1.807) is 42.5 Å². The Balaban J connectivity index is 1.41. The van der Waals surface area contributed by atoms with Gasteiger partial charge in [-0.2, -0.15) is 11.8 Å². The first-order chi connectivity index (χ1) is 15.5. The number of ether oxygens (including phenoxy) is 3. The van der Waals surface area contributed by atoms with Gasteiger partial charge in [-0.05, 0) is 42.7 Å². The van der Waals surface area contributed by atoms with Crippen LogP contribution in [-0.4, -0.2) is 60.0 Å². The van der Waals surface area contributed by atoms with Gasteiger partial charge in [0.25, 0.3) is 17.7 Å². The minimum absolute atomic E-state index is 0.111. The lowest BCUT2D eigenvalue weighted by Crippen LogP contribution is -2.46. The van der Waals surface area contributed by atoms with Gasteiger partial charge in [0.1, 0.15) is 6.04 Å². The van der Waals surface area contributed by atoms with E-state index in [4.69, 9.17) is 14.2 Å². The van der Waals surface area contributed by atoms with Crippen molar-refractivity contribution in [1.29, 1.82) is 0 Å². The lowest BCUT2D eigenvalue weighted by molar-refractivity contribution is -0.151. The second kappa shape index (κ2) is 9.31. The van der Waals surface area contributed by atoms with E-state index >= 15 is 0 Å². The summed E-state index contributed by atoms with van der Waals surface area (Å²) in [6.45, 7) is -0.453. The van der Waals surface area contributed by atoms with E-state index < -0.39 is 36.3 Å². The second-order valence-corrected chi connectivity index (χ2v) is 8.03. The number of fused-ring (bicyclic) bond motifs is 2. The molecule has 2 aromatic rings. The summed E-state index contributed by atoms with van der Waals surface area (Å²) < 4.78 is 15.7. The zero-order valence-corrected chi connectivity index (χ0v) is 18.0. The molecule has 4 rings (SSSR count). The third kappa shape index (κ3) is 4.26. The maximum atomic E-state index is 12.8. The number of carbonyl (C=O) groups is 4. The molecule has 2 aliphatic rings. The molecule has 1 atom stereocenters. The lowest BCUT2D eigenvalue weighted by Gasteiger charge is -2.24. The maximum Gasteiger partial charge on any atom is 0.329 e. The minimum atomic E-state index is -1.12. The molecule has 3 amide bonds. The number of imide groups is 1. The number of benzene rings is 2. The number of esters is 1. The van der Waals surface area contributed by atoms with Crippen LogP contribution in [-0.2, 0) is 14.3 Å². The smallest absolute Gasteiger partial charge is 0.329 e. The predicted molar refractivity (Wildman–Crippen MR) is 116 cm³/mol. The van der Waals surface area contributed by atoms with E-state index in [2.05, 4.69) is 5.32 Å². The molecular weight excluding hydrogens is 436 g/mol. The van der Waals surface area contributed by atoms with Gasteiger partial charge in [0.2, 0.25) is 6.79 Å². The molecule has 0 radical (unpaired) electrons. The molecule has 2 aromatic carbocycles. The molecular formula is C22H20N2O7S. The number of thioether (sulfide) groups is 1. The number of hydrogen-bond donors (Lipinski definition) is 1. The number of rotatable bonds is 8. The zero-order valence-electron chi connectivity index (χ0n) is 17.2. The molecule has 2 heterocycles. The van der Waals surface area contributed by atoms with Crippen LogP contribution >= 0.6 is 11.8 Å². The van der Waals surface area contributed by atoms with Crippen molar-refractivity contribution in [3.8, 4) is 11.5 Å². The molecule has 0 saturated heterocycles. The highest BCUT2D eigenvalue weighted by Crippen LogP contribution is 2.34. The summed E-state index contributed by atoms with van der Waals surface area (Å²) >= 11 is 1.47. The van der Waals surface area contributed by atoms with E-state index in [-0.39, 0.29) is 24.3 Å². The van der Waals surface area contributed by atoms with Crippen molar-refractivity contribution in [2.75, 3.05) is 30.7 Å². The summed E-state index contributed by atoms with van der Waals surface area (Å²) in [5, 5.41) is 2.61. The number of anilines is 1. The second-order valence-electron chi connectivity index (χ2n) is 7.05. The van der Waals surface area contributed by atoms with Crippen molar-refractivity contribution >= 4 is 41.1 Å². The summed E-state index contributed by atoms with van der Waals surface area (Å²) in [5.41, 5.74) is 0.953. The van der Waals surface area contributed by atoms with E-state index in [1.165, 1.54) is 11.8 Å². The highest BCUT2D eigenvalue weighted by atomic mass is 32.2. The Morgan fingerprint density at radius 2 is 1.78 bits per heavy atom. The molecule has 2 aliphatic heterocycles. The molecule has 9 nitrogen and oxygen atoms in total. The average Bonchev–Trinajstić information content (AvgIpc) is 3.36. The van der Waals surface area contributed by atoms with E-state index in [0.29, 0.717) is 22.9 Å². The van der Waals surface area contributed by atoms with Crippen molar-refractivity contribution in [3.05, 3.63) is 53.6 Å². The summed E-state index contributed by atoms with van der Waals surface area (Å²) in [6.07, 6.45) is 2.07. The van der Waals surface area contributed by atoms with Gasteiger partial charge in [0.15, 0.2) is 18.1 Å². The van der Waals surface area contributed by atoms with Gasteiger partial charge in [0.05, 0.1) is 11.1 Å². The third-order valence-electron chi connectivity index (χ3n) is 5.01. The van der Waals surface area contributed by atoms with Gasteiger partial charge < -0.3 is 19.5 Å². The highest BCUT2D eigenvalue weighted by Gasteiger charge is 2.43. The first-order valence-electron chi connectivity index (χ1n) is 9.81. The molecule has 0 aliphatic carbocycles. The predicted octanol–water partition coefficient (Wildman–Crippen LogP) is 2.31. The van der Waals surface area contributed by atoms with Crippen LogP contribution in [0.2, 0.25) is 0 Å². The Morgan fingerprint density at radius 3 is 2.47 bits per heavy atom. The van der Waals surface area contributed by atoms with Crippen LogP contribution in [0.25, 0.3) is 0 Å². The fraction of sp³-hybridized carbons (Fsp3) is 0.273. The highest BCUT2D eigenvalue weighted by molar-refractivity contribution is 7.98. The number of hydrogen-bond acceptors (Lipinski definition) is 8. The van der Waals surface area contributed by atoms with Crippen LogP contribution in [0.1, 0.15) is 27.1 Å². The molecule has 0 unspecified atom stereocenters. The van der Waals surface area contributed by atoms with Crippen LogP contribution in [0.3, 0.4) is 0 Å². The Hall–Kier alpha value is -3.53. The van der Waals surface area contributed by atoms with Crippen LogP contribution in [0, 0.1) is 0 Å². The van der Waals surface area contributed by atoms with Gasteiger partial charge in [-0.1, -0.05) is 12.1 Å². The molecule has 0 saturated carbocycles. The topological polar surface area (TPSA) is 111 Å². The van der Waals surface area contributed by atoms with Crippen molar-refractivity contribution in [1.82, 2.24) is 4.90 Å². The largest absolute Gasteiger partial charge is 0.454 e. The summed E-state index contributed by atoms with van der Waals surface area (Å²) in [5.74, 6) is -0.861. The SMILES string of the molecule is CSCC[C@H](C(=O)OCC(=O)Nc1ccc2c(c1)OCO2)N1C(=O)c2ccccc2C1=O. The molecule has 0 spiro atoms. The summed E-state index contributed by atoms with van der Waals surface area (Å²) in [7, 11) is 0. The average molecular weight is 456 g/mol. The van der Waals surface area contributed by atoms with E-state index in [0.717, 1.165) is 4.90 Å². The first kappa shape index (κ1) is 21.7. The van der Waals surface area contributed by atoms with Crippen LogP contribution in [0.4, 0.5) is 5.69 Å². The number of nitrogens with zero attached hydrogens (tertiary/aromatic N) is 1. The van der Waals surface area contributed by atoms with E-state index in [1.807, 2.05) is 6.26 Å². The fourth-order valence-electron chi connectivity index (χ4n) is 3.48. The van der Waals surface area contributed by atoms with Crippen molar-refractivity contribution in [2.45, 2.75) is 12.5 Å². The first-order valence-corrected chi connectivity index (χ1v) is 11.2. The standard InChI is InChI=1S/C22H20N2O7S/c1-32-9-8-16(24-20(26)14-4-2-3-5-15(14)21(24)27)22(28)29-11-19(25)23-13-6-7-17-18(10-13)31-12-30-17/h2-7,10,16H,8-9,11-12H2,1H3,(H,23,25)/t16-/m1/s1. The Morgan fingerprint density at radius 1 is 1.09 bits per heavy atom. The Kier molecular flexibility index (Phi) is 6.31. The van der Waals surface area contributed by atoms with Crippen molar-refractivity contribution < 1.29 is 33.4 Å². The normalized spacial score (nSPS) is 14.8. The van der Waals surface area contributed by atoms with Crippen LogP contribution in [0.5, 0.6) is 11.5 Å². The van der Waals surface area contributed by atoms with E-state index in [9.17, 15) is 19.2 Å². The molecule has 0 bridgehead atoms. The summed E-state index contributed by atoms with van der Waals surface area (Å²) in [4.78, 5) is 51.5. The minimum Gasteiger partial charge on any atom is -0.454 e. The third-order valence-corrected chi connectivity index (χ3v) is 5.65. The summed E-state index contributed by atoms with van der Waals surface area (Å²) in [6, 6.07) is 10.2. The zero-order chi connectivity index (χ0) is 22.7. The van der Waals surface area contributed by atoms with Crippen LogP contribution < -0.4 is 14.8 Å². The number of carbonyl (C=O) groups excluding carboxylic acids is 4. The monoisotopic (exact) mass is 456 g/mol. The van der Waals surface area contributed by atoms with Gasteiger partial charge >= 0.3 is 5.97 Å². The fourth-order valence-corrected chi connectivity index (χ4v) is 3.94. The van der Waals surface area contributed by atoms with Gasteiger partial charge in [-0.15, -0.1) is 0 Å². The lowest BCUT2D eigenvalue weighted by atomic mass is 10.1.